The van der Waals surface area contributed by atoms with Gasteiger partial charge in [0.25, 0.3) is 11.8 Å². The van der Waals surface area contributed by atoms with E-state index in [1.165, 1.54) is 22.5 Å². The maximum Gasteiger partial charge on any atom is 0.267 e. The Bertz CT molecular complexity index is 1040. The van der Waals surface area contributed by atoms with E-state index in [4.69, 9.17) is 0 Å². The maximum atomic E-state index is 12.8. The van der Waals surface area contributed by atoms with Crippen LogP contribution >= 0.6 is 11.3 Å². The highest BCUT2D eigenvalue weighted by Gasteiger charge is 2.15. The number of amides is 2. The molecule has 4 nitrogen and oxygen atoms in total. The van der Waals surface area contributed by atoms with Gasteiger partial charge in [-0.25, -0.2) is 0 Å². The summed E-state index contributed by atoms with van der Waals surface area (Å²) in [6.45, 7) is 4.49. The summed E-state index contributed by atoms with van der Waals surface area (Å²) in [6.07, 6.45) is 3.44. The van der Waals surface area contributed by atoms with E-state index in [0.717, 1.165) is 23.3 Å². The van der Waals surface area contributed by atoms with Gasteiger partial charge in [0.2, 0.25) is 0 Å². The summed E-state index contributed by atoms with van der Waals surface area (Å²) in [5.41, 5.74) is 4.16. The van der Waals surface area contributed by atoms with E-state index in [1.807, 2.05) is 48.7 Å². The van der Waals surface area contributed by atoms with Gasteiger partial charge >= 0.3 is 0 Å². The van der Waals surface area contributed by atoms with E-state index in [0.29, 0.717) is 12.1 Å². The average molecular weight is 419 g/mol. The molecule has 0 radical (unpaired) electrons. The first-order valence-electron chi connectivity index (χ1n) is 9.99. The Labute approximate surface area is 181 Å². The van der Waals surface area contributed by atoms with Crippen LogP contribution in [0.25, 0.3) is 6.08 Å². The number of carbonyl (C=O) groups excluding carboxylic acids is 2. The van der Waals surface area contributed by atoms with Gasteiger partial charge in [-0.1, -0.05) is 54.1 Å². The second-order valence-corrected chi connectivity index (χ2v) is 8.17. The molecule has 5 heteroatoms. The summed E-state index contributed by atoms with van der Waals surface area (Å²) in [7, 11) is 0. The Morgan fingerprint density at radius 1 is 1.00 bits per heavy atom. The van der Waals surface area contributed by atoms with E-state index in [-0.39, 0.29) is 17.5 Å². The Morgan fingerprint density at radius 2 is 1.83 bits per heavy atom. The van der Waals surface area contributed by atoms with Gasteiger partial charge < -0.3 is 10.6 Å². The van der Waals surface area contributed by atoms with Gasteiger partial charge in [-0.2, -0.15) is 0 Å². The van der Waals surface area contributed by atoms with Crippen molar-refractivity contribution in [3.05, 3.63) is 98.9 Å². The zero-order valence-electron chi connectivity index (χ0n) is 17.3. The van der Waals surface area contributed by atoms with Gasteiger partial charge in [-0.3, -0.25) is 9.59 Å². The molecular formula is C25H26N2O2S. The fourth-order valence-corrected chi connectivity index (χ4v) is 3.81. The highest BCUT2D eigenvalue weighted by Crippen LogP contribution is 2.14. The molecule has 3 rings (SSSR count). The van der Waals surface area contributed by atoms with Crippen LogP contribution in [-0.2, 0) is 11.2 Å². The molecule has 2 amide bonds. The molecule has 0 fully saturated rings. The number of rotatable bonds is 8. The van der Waals surface area contributed by atoms with E-state index in [1.54, 1.807) is 12.1 Å². The number of benzene rings is 2. The summed E-state index contributed by atoms with van der Waals surface area (Å²) in [4.78, 5) is 26.4. The fourth-order valence-electron chi connectivity index (χ4n) is 3.15. The molecule has 0 aliphatic heterocycles. The van der Waals surface area contributed by atoms with Crippen molar-refractivity contribution < 1.29 is 9.59 Å². The lowest BCUT2D eigenvalue weighted by atomic mass is 10.1. The predicted octanol–water partition coefficient (Wildman–Crippen LogP) is 4.88. The molecule has 2 aromatic carbocycles. The zero-order valence-corrected chi connectivity index (χ0v) is 18.1. The third-order valence-corrected chi connectivity index (χ3v) is 5.54. The normalized spacial score (nSPS) is 11.2. The smallest absolute Gasteiger partial charge is 0.267 e. The van der Waals surface area contributed by atoms with Crippen LogP contribution in [0.1, 0.15) is 38.3 Å². The first-order valence-corrected chi connectivity index (χ1v) is 10.9. The number of nitrogens with one attached hydrogen (secondary N) is 2. The Kier molecular flexibility index (Phi) is 7.57. The van der Waals surface area contributed by atoms with Crippen molar-refractivity contribution in [1.29, 1.82) is 0 Å². The molecule has 0 spiro atoms. The lowest BCUT2D eigenvalue weighted by molar-refractivity contribution is -0.117. The van der Waals surface area contributed by atoms with Gasteiger partial charge in [0.05, 0.1) is 0 Å². The maximum absolute atomic E-state index is 12.8. The molecule has 0 aliphatic rings. The highest BCUT2D eigenvalue weighted by atomic mass is 32.1. The third kappa shape index (κ3) is 6.16. The van der Waals surface area contributed by atoms with Gasteiger partial charge in [-0.05, 0) is 61.4 Å². The minimum atomic E-state index is -0.286. The molecule has 30 heavy (non-hydrogen) atoms. The lowest BCUT2D eigenvalue weighted by Crippen LogP contribution is -2.35. The molecule has 2 N–H and O–H groups in total. The highest BCUT2D eigenvalue weighted by molar-refractivity contribution is 7.10. The van der Waals surface area contributed by atoms with Gasteiger partial charge in [-0.15, -0.1) is 11.3 Å². The fraction of sp³-hybridized carbons (Fsp3) is 0.200. The molecule has 0 aliphatic carbocycles. The summed E-state index contributed by atoms with van der Waals surface area (Å²) in [6, 6.07) is 19.5. The number of hydrogen-bond acceptors (Lipinski definition) is 3. The minimum absolute atomic E-state index is 0.251. The standard InChI is InChI=1S/C25H26N2O2S/c1-18-8-5-10-20(16-18)11-6-14-26-25(29)23(17-21-12-7-15-30-21)27-24(28)22-13-4-3-9-19(22)2/h3-5,7-10,12-13,15-17H,6,11,14H2,1-2H3,(H,26,29)(H,27,28)/b23-17-. The van der Waals surface area contributed by atoms with E-state index in [2.05, 4.69) is 35.8 Å². The largest absolute Gasteiger partial charge is 0.351 e. The predicted molar refractivity (Wildman–Crippen MR) is 123 cm³/mol. The quantitative estimate of drug-likeness (QED) is 0.404. The summed E-state index contributed by atoms with van der Waals surface area (Å²) >= 11 is 1.51. The number of aryl methyl sites for hydroxylation is 3. The Hall–Kier alpha value is -3.18. The molecule has 0 saturated carbocycles. The lowest BCUT2D eigenvalue weighted by Gasteiger charge is -2.12. The van der Waals surface area contributed by atoms with Crippen LogP contribution in [0.5, 0.6) is 0 Å². The van der Waals surface area contributed by atoms with Crippen LogP contribution in [0.4, 0.5) is 0 Å². The van der Waals surface area contributed by atoms with Gasteiger partial charge in [0.15, 0.2) is 0 Å². The van der Waals surface area contributed by atoms with Gasteiger partial charge in [0, 0.05) is 17.0 Å². The third-order valence-electron chi connectivity index (χ3n) is 4.72. The van der Waals surface area contributed by atoms with E-state index < -0.39 is 0 Å². The SMILES string of the molecule is Cc1cccc(CCCNC(=O)/C(=C/c2cccs2)NC(=O)c2ccccc2C)c1. The zero-order chi connectivity index (χ0) is 21.3. The van der Waals surface area contributed by atoms with Crippen LogP contribution in [0.2, 0.25) is 0 Å². The molecule has 154 valence electrons. The second-order valence-electron chi connectivity index (χ2n) is 7.19. The minimum Gasteiger partial charge on any atom is -0.351 e. The number of thiophene rings is 1. The van der Waals surface area contributed by atoms with E-state index >= 15 is 0 Å². The van der Waals surface area contributed by atoms with Gasteiger partial charge in [0.1, 0.15) is 5.70 Å². The van der Waals surface area contributed by atoms with Crippen molar-refractivity contribution in [3.63, 3.8) is 0 Å². The summed E-state index contributed by atoms with van der Waals surface area (Å²) < 4.78 is 0. The van der Waals surface area contributed by atoms with Crippen molar-refractivity contribution in [2.45, 2.75) is 26.7 Å². The van der Waals surface area contributed by atoms with Crippen LogP contribution in [0.3, 0.4) is 0 Å². The van der Waals surface area contributed by atoms with Crippen molar-refractivity contribution >= 4 is 29.2 Å². The molecule has 0 saturated heterocycles. The van der Waals surface area contributed by atoms with Crippen LogP contribution in [-0.4, -0.2) is 18.4 Å². The molecule has 3 aromatic rings. The molecule has 1 aromatic heterocycles. The van der Waals surface area contributed by atoms with E-state index in [9.17, 15) is 9.59 Å². The molecule has 0 atom stereocenters. The first kappa shape index (κ1) is 21.5. The second kappa shape index (κ2) is 10.6. The molecule has 1 heterocycles. The first-order chi connectivity index (χ1) is 14.5. The van der Waals surface area contributed by atoms with Crippen LogP contribution in [0, 0.1) is 13.8 Å². The Morgan fingerprint density at radius 3 is 2.57 bits per heavy atom. The van der Waals surface area contributed by atoms with Crippen molar-refractivity contribution in [2.75, 3.05) is 6.54 Å². The Balaban J connectivity index is 1.64. The monoisotopic (exact) mass is 418 g/mol. The summed E-state index contributed by atoms with van der Waals surface area (Å²) in [5.74, 6) is -0.569. The number of carbonyl (C=O) groups is 2. The van der Waals surface area contributed by atoms with Crippen LogP contribution in [0.15, 0.2) is 71.7 Å². The molecule has 0 unspecified atom stereocenters. The topological polar surface area (TPSA) is 58.2 Å². The number of hydrogen-bond donors (Lipinski definition) is 2. The average Bonchev–Trinajstić information content (AvgIpc) is 3.24. The molecule has 0 bridgehead atoms. The van der Waals surface area contributed by atoms with Crippen molar-refractivity contribution in [2.24, 2.45) is 0 Å². The van der Waals surface area contributed by atoms with Crippen molar-refractivity contribution in [1.82, 2.24) is 10.6 Å². The molecular weight excluding hydrogens is 392 g/mol. The van der Waals surface area contributed by atoms with Crippen LogP contribution < -0.4 is 10.6 Å². The summed E-state index contributed by atoms with van der Waals surface area (Å²) in [5, 5.41) is 7.67. The van der Waals surface area contributed by atoms with Crippen molar-refractivity contribution in [3.8, 4) is 0 Å².